The van der Waals surface area contributed by atoms with Crippen LogP contribution in [0, 0.1) is 5.82 Å². The molecule has 1 aromatic rings. The van der Waals surface area contributed by atoms with E-state index in [9.17, 15) is 9.18 Å². The van der Waals surface area contributed by atoms with Crippen LogP contribution in [0.25, 0.3) is 0 Å². The van der Waals surface area contributed by atoms with Gasteiger partial charge in [0.15, 0.2) is 0 Å². The third-order valence-electron chi connectivity index (χ3n) is 1.92. The van der Waals surface area contributed by atoms with E-state index in [-0.39, 0.29) is 16.8 Å². The lowest BCUT2D eigenvalue weighted by molar-refractivity contribution is -0.118. The van der Waals surface area contributed by atoms with E-state index in [2.05, 4.69) is 5.32 Å². The number of halogens is 3. The predicted octanol–water partition coefficient (Wildman–Crippen LogP) is 2.60. The van der Waals surface area contributed by atoms with Crippen molar-refractivity contribution >= 4 is 29.1 Å². The highest BCUT2D eigenvalue weighted by Gasteiger charge is 2.01. The maximum Gasteiger partial charge on any atom is 0.234 e. The average Bonchev–Trinajstić information content (AvgIpc) is 2.33. The lowest BCUT2D eigenvalue weighted by atomic mass is 10.3. The second kappa shape index (κ2) is 7.35. The first-order valence-corrected chi connectivity index (χ1v) is 5.95. The smallest absolute Gasteiger partial charge is 0.234 e. The van der Waals surface area contributed by atoms with Crippen molar-refractivity contribution in [1.82, 2.24) is 5.32 Å². The molecule has 6 heteroatoms. The largest absolute Gasteiger partial charge is 0.493 e. The van der Waals surface area contributed by atoms with Crippen molar-refractivity contribution in [3.63, 3.8) is 0 Å². The topological polar surface area (TPSA) is 38.3 Å². The summed E-state index contributed by atoms with van der Waals surface area (Å²) in [7, 11) is 0. The summed E-state index contributed by atoms with van der Waals surface area (Å²) in [5.41, 5.74) is 0. The maximum atomic E-state index is 12.8. The SMILES string of the molecule is O=C(CCl)NCCCOc1ccc(F)c(Cl)c1. The van der Waals surface area contributed by atoms with Gasteiger partial charge in [-0.2, -0.15) is 0 Å². The fourth-order valence-electron chi connectivity index (χ4n) is 1.10. The van der Waals surface area contributed by atoms with Gasteiger partial charge < -0.3 is 10.1 Å². The van der Waals surface area contributed by atoms with Gasteiger partial charge in [0.05, 0.1) is 11.6 Å². The molecule has 0 aromatic heterocycles. The molecular weight excluding hydrogens is 268 g/mol. The molecule has 0 bridgehead atoms. The molecule has 0 aliphatic heterocycles. The first-order valence-electron chi connectivity index (χ1n) is 5.04. The summed E-state index contributed by atoms with van der Waals surface area (Å²) in [5.74, 6) is -0.237. The number of benzene rings is 1. The minimum atomic E-state index is -0.478. The van der Waals surface area contributed by atoms with Crippen molar-refractivity contribution in [2.24, 2.45) is 0 Å². The lowest BCUT2D eigenvalue weighted by Crippen LogP contribution is -2.26. The molecule has 1 N–H and O–H groups in total. The van der Waals surface area contributed by atoms with E-state index < -0.39 is 5.82 Å². The molecule has 94 valence electrons. The Hall–Kier alpha value is -1.00. The van der Waals surface area contributed by atoms with E-state index in [1.54, 1.807) is 0 Å². The number of carbonyl (C=O) groups excluding carboxylic acids is 1. The zero-order chi connectivity index (χ0) is 12.7. The highest BCUT2D eigenvalue weighted by molar-refractivity contribution is 6.30. The van der Waals surface area contributed by atoms with E-state index in [4.69, 9.17) is 27.9 Å². The Morgan fingerprint density at radius 1 is 1.47 bits per heavy atom. The highest BCUT2D eigenvalue weighted by atomic mass is 35.5. The normalized spacial score (nSPS) is 10.1. The molecule has 0 saturated carbocycles. The molecule has 1 rings (SSSR count). The lowest BCUT2D eigenvalue weighted by Gasteiger charge is -2.07. The van der Waals surface area contributed by atoms with E-state index in [1.165, 1.54) is 18.2 Å². The summed E-state index contributed by atoms with van der Waals surface area (Å²) in [5, 5.41) is 2.63. The van der Waals surface area contributed by atoms with Crippen LogP contribution in [0.2, 0.25) is 5.02 Å². The van der Waals surface area contributed by atoms with Crippen molar-refractivity contribution in [3.05, 3.63) is 29.0 Å². The monoisotopic (exact) mass is 279 g/mol. The second-order valence-corrected chi connectivity index (χ2v) is 3.94. The Kier molecular flexibility index (Phi) is 6.08. The van der Waals surface area contributed by atoms with Gasteiger partial charge in [-0.3, -0.25) is 4.79 Å². The highest BCUT2D eigenvalue weighted by Crippen LogP contribution is 2.20. The first-order chi connectivity index (χ1) is 8.13. The minimum Gasteiger partial charge on any atom is -0.493 e. The fourth-order valence-corrected chi connectivity index (χ4v) is 1.37. The van der Waals surface area contributed by atoms with E-state index in [0.29, 0.717) is 25.3 Å². The number of rotatable bonds is 6. The van der Waals surface area contributed by atoms with E-state index in [1.807, 2.05) is 0 Å². The summed E-state index contributed by atoms with van der Waals surface area (Å²) in [6.45, 7) is 0.894. The average molecular weight is 280 g/mol. The van der Waals surface area contributed by atoms with Gasteiger partial charge in [-0.15, -0.1) is 11.6 Å². The second-order valence-electron chi connectivity index (χ2n) is 3.26. The van der Waals surface area contributed by atoms with Crippen molar-refractivity contribution < 1.29 is 13.9 Å². The Balaban J connectivity index is 2.22. The van der Waals surface area contributed by atoms with Crippen molar-refractivity contribution in [3.8, 4) is 5.75 Å². The molecule has 0 fully saturated rings. The number of hydrogen-bond donors (Lipinski definition) is 1. The summed E-state index contributed by atoms with van der Waals surface area (Å²) >= 11 is 10.9. The molecule has 0 heterocycles. The van der Waals surface area contributed by atoms with Gasteiger partial charge >= 0.3 is 0 Å². The molecule has 0 unspecified atom stereocenters. The number of nitrogens with one attached hydrogen (secondary N) is 1. The fraction of sp³-hybridized carbons (Fsp3) is 0.364. The summed E-state index contributed by atoms with van der Waals surface area (Å²) < 4.78 is 18.1. The zero-order valence-corrected chi connectivity index (χ0v) is 10.5. The molecule has 0 aliphatic carbocycles. The molecule has 0 aliphatic rings. The molecular formula is C11H12Cl2FNO2. The third-order valence-corrected chi connectivity index (χ3v) is 2.46. The number of carbonyl (C=O) groups is 1. The van der Waals surface area contributed by atoms with Gasteiger partial charge in [-0.05, 0) is 18.6 Å². The number of ether oxygens (including phenoxy) is 1. The Labute approximate surface area is 109 Å². The van der Waals surface area contributed by atoms with Crippen LogP contribution in [-0.2, 0) is 4.79 Å². The number of alkyl halides is 1. The van der Waals surface area contributed by atoms with Crippen molar-refractivity contribution in [2.75, 3.05) is 19.0 Å². The molecule has 0 radical (unpaired) electrons. The summed E-state index contributed by atoms with van der Waals surface area (Å²) in [6.07, 6.45) is 0.637. The molecule has 1 aromatic carbocycles. The Bertz CT molecular complexity index is 388. The minimum absolute atomic E-state index is 0.0259. The molecule has 3 nitrogen and oxygen atoms in total. The Morgan fingerprint density at radius 2 is 2.24 bits per heavy atom. The quantitative estimate of drug-likeness (QED) is 0.642. The Morgan fingerprint density at radius 3 is 2.88 bits per heavy atom. The van der Waals surface area contributed by atoms with Crippen LogP contribution >= 0.6 is 23.2 Å². The molecule has 0 spiro atoms. The van der Waals surface area contributed by atoms with Crippen LogP contribution in [-0.4, -0.2) is 24.9 Å². The maximum absolute atomic E-state index is 12.8. The van der Waals surface area contributed by atoms with Gasteiger partial charge in [-0.1, -0.05) is 11.6 Å². The van der Waals surface area contributed by atoms with Gasteiger partial charge in [0.2, 0.25) is 5.91 Å². The van der Waals surface area contributed by atoms with Gasteiger partial charge in [0.1, 0.15) is 17.4 Å². The molecule has 0 saturated heterocycles. The number of hydrogen-bond acceptors (Lipinski definition) is 2. The van der Waals surface area contributed by atoms with Gasteiger partial charge in [-0.25, -0.2) is 4.39 Å². The first kappa shape index (κ1) is 14.1. The summed E-state index contributed by atoms with van der Waals surface area (Å²) in [6, 6.07) is 4.15. The predicted molar refractivity (Wildman–Crippen MR) is 65.3 cm³/mol. The van der Waals surface area contributed by atoms with Gasteiger partial charge in [0, 0.05) is 12.6 Å². The van der Waals surface area contributed by atoms with Crippen LogP contribution in [0.1, 0.15) is 6.42 Å². The zero-order valence-electron chi connectivity index (χ0n) is 9.01. The summed E-state index contributed by atoms with van der Waals surface area (Å²) in [4.78, 5) is 10.8. The molecule has 0 atom stereocenters. The molecule has 1 amide bonds. The standard InChI is InChI=1S/C11H12Cl2FNO2/c12-7-11(16)15-4-1-5-17-8-2-3-10(14)9(13)6-8/h2-3,6H,1,4-5,7H2,(H,15,16). The van der Waals surface area contributed by atoms with Crippen LogP contribution in [0.5, 0.6) is 5.75 Å². The molecule has 17 heavy (non-hydrogen) atoms. The number of amides is 1. The third kappa shape index (κ3) is 5.24. The van der Waals surface area contributed by atoms with Crippen LogP contribution < -0.4 is 10.1 Å². The van der Waals surface area contributed by atoms with E-state index >= 15 is 0 Å². The van der Waals surface area contributed by atoms with Crippen LogP contribution in [0.3, 0.4) is 0 Å². The van der Waals surface area contributed by atoms with E-state index in [0.717, 1.165) is 0 Å². The van der Waals surface area contributed by atoms with Crippen molar-refractivity contribution in [2.45, 2.75) is 6.42 Å². The van der Waals surface area contributed by atoms with Gasteiger partial charge in [0.25, 0.3) is 0 Å². The van der Waals surface area contributed by atoms with Crippen LogP contribution in [0.15, 0.2) is 18.2 Å². The van der Waals surface area contributed by atoms with Crippen molar-refractivity contribution in [1.29, 1.82) is 0 Å². The van der Waals surface area contributed by atoms with Crippen LogP contribution in [0.4, 0.5) is 4.39 Å².